The topological polar surface area (TPSA) is 64.3 Å². The number of carbonyl (C=O) groups is 1. The van der Waals surface area contributed by atoms with Crippen molar-refractivity contribution in [3.63, 3.8) is 0 Å². The van der Waals surface area contributed by atoms with Crippen molar-refractivity contribution >= 4 is 33.4 Å². The molecule has 18 heavy (non-hydrogen) atoms. The molecule has 0 saturated carbocycles. The average Bonchev–Trinajstić information content (AvgIpc) is 2.30. The zero-order valence-electron chi connectivity index (χ0n) is 9.84. The van der Waals surface area contributed by atoms with E-state index in [0.29, 0.717) is 4.47 Å². The Balaban J connectivity index is 3.01. The van der Waals surface area contributed by atoms with Gasteiger partial charge < -0.3 is 4.74 Å². The molecule has 1 aromatic carbocycles. The summed E-state index contributed by atoms with van der Waals surface area (Å²) in [6.07, 6.45) is -0.813. The highest BCUT2D eigenvalue weighted by Gasteiger charge is 2.24. The van der Waals surface area contributed by atoms with E-state index in [1.807, 2.05) is 5.43 Å². The summed E-state index contributed by atoms with van der Waals surface area (Å²) in [7, 11) is 0. The van der Waals surface area contributed by atoms with E-state index < -0.39 is 17.8 Å². The van der Waals surface area contributed by atoms with Crippen LogP contribution in [0.25, 0.3) is 0 Å². The van der Waals surface area contributed by atoms with Crippen molar-refractivity contribution < 1.29 is 13.9 Å². The van der Waals surface area contributed by atoms with E-state index in [4.69, 9.17) is 22.2 Å². The molecule has 7 heteroatoms. The molecular formula is C11H13BrClFN2O2. The molecule has 1 rings (SSSR count). The molecule has 1 amide bonds. The second-order valence-electron chi connectivity index (χ2n) is 3.99. The largest absolute Gasteiger partial charge is 0.479 e. The zero-order valence-corrected chi connectivity index (χ0v) is 12.2. The zero-order chi connectivity index (χ0) is 13.9. The number of hydrazine groups is 1. The predicted octanol–water partition coefficient (Wildman–Crippen LogP) is 2.63. The van der Waals surface area contributed by atoms with Crippen LogP contribution in [0.5, 0.6) is 5.75 Å². The monoisotopic (exact) mass is 338 g/mol. The maximum atomic E-state index is 13.3. The van der Waals surface area contributed by atoms with E-state index >= 15 is 0 Å². The first kappa shape index (κ1) is 15.2. The van der Waals surface area contributed by atoms with Crippen molar-refractivity contribution in [2.75, 3.05) is 0 Å². The van der Waals surface area contributed by atoms with E-state index in [0.717, 1.165) is 6.07 Å². The van der Waals surface area contributed by atoms with Crippen molar-refractivity contribution in [3.8, 4) is 5.75 Å². The van der Waals surface area contributed by atoms with E-state index in [2.05, 4.69) is 15.9 Å². The maximum Gasteiger partial charge on any atom is 0.275 e. The van der Waals surface area contributed by atoms with Crippen LogP contribution in [0, 0.1) is 11.7 Å². The van der Waals surface area contributed by atoms with E-state index in [1.54, 1.807) is 13.8 Å². The van der Waals surface area contributed by atoms with Gasteiger partial charge in [-0.2, -0.15) is 0 Å². The maximum absolute atomic E-state index is 13.3. The van der Waals surface area contributed by atoms with Gasteiger partial charge in [-0.05, 0) is 27.9 Å². The summed E-state index contributed by atoms with van der Waals surface area (Å²) in [5, 5.41) is -0.0291. The van der Waals surface area contributed by atoms with Crippen molar-refractivity contribution in [3.05, 3.63) is 27.4 Å². The quantitative estimate of drug-likeness (QED) is 0.384. The average molecular weight is 340 g/mol. The van der Waals surface area contributed by atoms with Crippen molar-refractivity contribution in [1.82, 2.24) is 5.43 Å². The van der Waals surface area contributed by atoms with Crippen LogP contribution in [0.4, 0.5) is 4.39 Å². The predicted molar refractivity (Wildman–Crippen MR) is 70.7 cm³/mol. The van der Waals surface area contributed by atoms with Gasteiger partial charge in [0.05, 0.1) is 9.50 Å². The summed E-state index contributed by atoms with van der Waals surface area (Å²) < 4.78 is 19.3. The normalized spacial score (nSPS) is 12.4. The molecule has 0 aromatic heterocycles. The number of rotatable bonds is 4. The Morgan fingerprint density at radius 1 is 1.56 bits per heavy atom. The molecule has 1 unspecified atom stereocenters. The molecule has 4 nitrogen and oxygen atoms in total. The summed E-state index contributed by atoms with van der Waals surface area (Å²) in [5.41, 5.74) is 2.01. The van der Waals surface area contributed by atoms with Crippen molar-refractivity contribution in [2.24, 2.45) is 11.8 Å². The fourth-order valence-corrected chi connectivity index (χ4v) is 2.04. The van der Waals surface area contributed by atoms with Gasteiger partial charge in [0.25, 0.3) is 5.91 Å². The first-order valence-electron chi connectivity index (χ1n) is 5.18. The molecular weight excluding hydrogens is 326 g/mol. The first-order valence-corrected chi connectivity index (χ1v) is 6.35. The lowest BCUT2D eigenvalue weighted by molar-refractivity contribution is -0.129. The molecule has 0 bridgehead atoms. The molecule has 0 heterocycles. The number of hydrogen-bond acceptors (Lipinski definition) is 3. The molecule has 0 spiro atoms. The third-order valence-electron chi connectivity index (χ3n) is 2.23. The van der Waals surface area contributed by atoms with Crippen LogP contribution >= 0.6 is 27.5 Å². The van der Waals surface area contributed by atoms with E-state index in [9.17, 15) is 9.18 Å². The smallest absolute Gasteiger partial charge is 0.275 e. The van der Waals surface area contributed by atoms with Crippen LogP contribution in [-0.4, -0.2) is 12.0 Å². The highest BCUT2D eigenvalue weighted by Crippen LogP contribution is 2.31. The van der Waals surface area contributed by atoms with Crippen molar-refractivity contribution in [1.29, 1.82) is 0 Å². The minimum absolute atomic E-state index is 0.0291. The van der Waals surface area contributed by atoms with Gasteiger partial charge in [-0.15, -0.1) is 0 Å². The second-order valence-corrected chi connectivity index (χ2v) is 5.25. The number of halogens is 3. The summed E-state index contributed by atoms with van der Waals surface area (Å²) >= 11 is 8.81. The number of ether oxygens (including phenoxy) is 1. The first-order chi connectivity index (χ1) is 8.36. The highest BCUT2D eigenvalue weighted by atomic mass is 79.9. The molecule has 0 aliphatic rings. The van der Waals surface area contributed by atoms with Gasteiger partial charge in [0.1, 0.15) is 11.6 Å². The Kier molecular flexibility index (Phi) is 5.37. The number of amides is 1. The summed E-state index contributed by atoms with van der Waals surface area (Å²) in [5.74, 6) is 4.04. The number of benzene rings is 1. The third-order valence-corrected chi connectivity index (χ3v) is 3.14. The third kappa shape index (κ3) is 3.57. The fourth-order valence-electron chi connectivity index (χ4n) is 1.31. The van der Waals surface area contributed by atoms with E-state index in [1.165, 1.54) is 6.07 Å². The van der Waals surface area contributed by atoms with Crippen LogP contribution in [0.15, 0.2) is 16.6 Å². The van der Waals surface area contributed by atoms with Crippen LogP contribution < -0.4 is 16.0 Å². The van der Waals surface area contributed by atoms with Gasteiger partial charge in [0, 0.05) is 6.07 Å². The van der Waals surface area contributed by atoms with Crippen LogP contribution in [0.1, 0.15) is 13.8 Å². The Labute approximate surface area is 118 Å². The number of nitrogens with two attached hydrogens (primary N) is 1. The van der Waals surface area contributed by atoms with Gasteiger partial charge in [-0.3, -0.25) is 10.2 Å². The summed E-state index contributed by atoms with van der Waals surface area (Å²) in [6.45, 7) is 3.58. The fraction of sp³-hybridized carbons (Fsp3) is 0.364. The SMILES string of the molecule is CC(C)C(Oc1cc(F)c(Cl)cc1Br)C(=O)NN. The Bertz CT molecular complexity index is 457. The van der Waals surface area contributed by atoms with Gasteiger partial charge in [0.2, 0.25) is 0 Å². The molecule has 0 aliphatic heterocycles. The van der Waals surface area contributed by atoms with Crippen LogP contribution in [0.2, 0.25) is 5.02 Å². The van der Waals surface area contributed by atoms with Crippen molar-refractivity contribution in [2.45, 2.75) is 20.0 Å². The molecule has 3 N–H and O–H groups in total. The molecule has 0 aliphatic carbocycles. The molecule has 1 atom stereocenters. The van der Waals surface area contributed by atoms with Crippen LogP contribution in [-0.2, 0) is 4.79 Å². The molecule has 0 fully saturated rings. The highest BCUT2D eigenvalue weighted by molar-refractivity contribution is 9.10. The van der Waals surface area contributed by atoms with Gasteiger partial charge in [-0.1, -0.05) is 25.4 Å². The van der Waals surface area contributed by atoms with E-state index in [-0.39, 0.29) is 16.7 Å². The number of hydrogen-bond donors (Lipinski definition) is 2. The summed E-state index contributed by atoms with van der Waals surface area (Å²) in [6, 6.07) is 2.48. The summed E-state index contributed by atoms with van der Waals surface area (Å²) in [4.78, 5) is 11.5. The van der Waals surface area contributed by atoms with Gasteiger partial charge in [0.15, 0.2) is 6.10 Å². The van der Waals surface area contributed by atoms with Crippen LogP contribution in [0.3, 0.4) is 0 Å². The lowest BCUT2D eigenvalue weighted by Gasteiger charge is -2.21. The Morgan fingerprint density at radius 2 is 2.17 bits per heavy atom. The molecule has 0 saturated heterocycles. The minimum atomic E-state index is -0.813. The van der Waals surface area contributed by atoms with Gasteiger partial charge in [-0.25, -0.2) is 10.2 Å². The Hall–Kier alpha value is -0.850. The molecule has 100 valence electrons. The Morgan fingerprint density at radius 3 is 2.67 bits per heavy atom. The second kappa shape index (κ2) is 6.36. The lowest BCUT2D eigenvalue weighted by Crippen LogP contribution is -2.44. The van der Waals surface area contributed by atoms with Gasteiger partial charge >= 0.3 is 0 Å². The standard InChI is InChI=1S/C11H13BrClFN2O2/c1-5(2)10(11(17)16-15)18-9-4-8(14)7(13)3-6(9)12/h3-5,10H,15H2,1-2H3,(H,16,17). The minimum Gasteiger partial charge on any atom is -0.479 e. The lowest BCUT2D eigenvalue weighted by atomic mass is 10.1. The number of carbonyl (C=O) groups excluding carboxylic acids is 1. The number of nitrogens with one attached hydrogen (secondary N) is 1. The molecule has 0 radical (unpaired) electrons. The molecule has 1 aromatic rings.